The molecule has 33 heavy (non-hydrogen) atoms. The third-order valence-corrected chi connectivity index (χ3v) is 4.66. The Bertz CT molecular complexity index is 1280. The number of methoxy groups -OCH3 is 1. The van der Waals surface area contributed by atoms with E-state index in [0.29, 0.717) is 12.2 Å². The van der Waals surface area contributed by atoms with Crippen LogP contribution in [0.3, 0.4) is 0 Å². The number of rotatable bonds is 9. The normalized spacial score (nSPS) is 10.6. The number of anilines is 1. The molecule has 0 aliphatic rings. The maximum Gasteiger partial charge on any atom is 0.311 e. The molecule has 0 atom stereocenters. The van der Waals surface area contributed by atoms with Crippen LogP contribution in [0.4, 0.5) is 11.4 Å². The summed E-state index contributed by atoms with van der Waals surface area (Å²) < 4.78 is 13.8. The minimum Gasteiger partial charge on any atom is -0.497 e. The fraction of sp³-hybridized carbons (Fsp3) is 0.136. The van der Waals surface area contributed by atoms with E-state index < -0.39 is 10.8 Å². The van der Waals surface area contributed by atoms with Gasteiger partial charge in [-0.25, -0.2) is 4.68 Å². The number of nitro groups is 1. The predicted octanol–water partition coefficient (Wildman–Crippen LogP) is 3.33. The van der Waals surface area contributed by atoms with Crippen molar-refractivity contribution in [3.05, 3.63) is 94.6 Å². The molecular formula is C22H20N6O5. The van der Waals surface area contributed by atoms with Crippen molar-refractivity contribution < 1.29 is 19.2 Å². The first-order chi connectivity index (χ1) is 16.0. The number of hydrogen-bond donors (Lipinski definition) is 1. The van der Waals surface area contributed by atoms with E-state index in [1.165, 1.54) is 22.9 Å². The van der Waals surface area contributed by atoms with E-state index in [2.05, 4.69) is 15.5 Å². The summed E-state index contributed by atoms with van der Waals surface area (Å²) in [6.45, 7) is 0.432. The van der Waals surface area contributed by atoms with Gasteiger partial charge in [-0.15, -0.1) is 0 Å². The fourth-order valence-corrected chi connectivity index (χ4v) is 3.09. The number of hydrogen-bond acceptors (Lipinski definition) is 7. The van der Waals surface area contributed by atoms with Gasteiger partial charge in [0, 0.05) is 18.5 Å². The van der Waals surface area contributed by atoms with Crippen LogP contribution in [0.2, 0.25) is 0 Å². The van der Waals surface area contributed by atoms with Crippen molar-refractivity contribution in [3.63, 3.8) is 0 Å². The second-order valence-electron chi connectivity index (χ2n) is 6.97. The van der Waals surface area contributed by atoms with Crippen molar-refractivity contribution >= 4 is 17.3 Å². The molecule has 4 rings (SSSR count). The highest BCUT2D eigenvalue weighted by atomic mass is 16.6. The van der Waals surface area contributed by atoms with Crippen LogP contribution in [-0.4, -0.2) is 37.5 Å². The predicted molar refractivity (Wildman–Crippen MR) is 118 cm³/mol. The molecular weight excluding hydrogens is 428 g/mol. The number of nitro benzene ring substituents is 1. The summed E-state index contributed by atoms with van der Waals surface area (Å²) in [5.74, 6) is 0.461. The average Bonchev–Trinajstić information content (AvgIpc) is 3.47. The second kappa shape index (κ2) is 9.64. The third kappa shape index (κ3) is 5.34. The lowest BCUT2D eigenvalue weighted by Gasteiger charge is -2.06. The molecule has 0 spiro atoms. The number of benzene rings is 2. The molecule has 11 nitrogen and oxygen atoms in total. The van der Waals surface area contributed by atoms with E-state index in [1.807, 2.05) is 24.3 Å². The number of aromatic nitrogens is 4. The lowest BCUT2D eigenvalue weighted by molar-refractivity contribution is -0.386. The number of carbonyl (C=O) groups excluding carboxylic acids is 1. The van der Waals surface area contributed by atoms with Gasteiger partial charge in [0.2, 0.25) is 0 Å². The van der Waals surface area contributed by atoms with Crippen LogP contribution in [0.15, 0.2) is 73.2 Å². The van der Waals surface area contributed by atoms with Gasteiger partial charge < -0.3 is 14.8 Å². The van der Waals surface area contributed by atoms with E-state index in [0.717, 1.165) is 11.3 Å². The number of carbonyl (C=O) groups is 1. The van der Waals surface area contributed by atoms with Crippen LogP contribution in [0.5, 0.6) is 11.5 Å². The van der Waals surface area contributed by atoms with Crippen LogP contribution in [0.1, 0.15) is 16.1 Å². The Hall–Kier alpha value is -4.67. The molecule has 0 aliphatic carbocycles. The highest BCUT2D eigenvalue weighted by molar-refractivity contribution is 6.02. The topological polar surface area (TPSA) is 126 Å². The number of nitrogens with one attached hydrogen (secondary N) is 1. The van der Waals surface area contributed by atoms with Crippen molar-refractivity contribution in [1.29, 1.82) is 0 Å². The molecule has 4 aromatic rings. The Morgan fingerprint density at radius 2 is 2.00 bits per heavy atom. The van der Waals surface area contributed by atoms with Gasteiger partial charge in [0.25, 0.3) is 5.91 Å². The summed E-state index contributed by atoms with van der Waals surface area (Å²) in [6.07, 6.45) is 4.81. The summed E-state index contributed by atoms with van der Waals surface area (Å²) in [5, 5.41) is 22.2. The number of para-hydroxylation sites is 2. The molecule has 0 aliphatic heterocycles. The molecule has 0 radical (unpaired) electrons. The van der Waals surface area contributed by atoms with Crippen molar-refractivity contribution in [2.24, 2.45) is 0 Å². The fourth-order valence-electron chi connectivity index (χ4n) is 3.09. The molecule has 0 saturated heterocycles. The van der Waals surface area contributed by atoms with Gasteiger partial charge in [0.15, 0.2) is 18.2 Å². The molecule has 0 unspecified atom stereocenters. The maximum absolute atomic E-state index is 12.5. The average molecular weight is 448 g/mol. The molecule has 2 aromatic heterocycles. The van der Waals surface area contributed by atoms with Gasteiger partial charge in [0.05, 0.1) is 30.5 Å². The smallest absolute Gasteiger partial charge is 0.311 e. The minimum absolute atomic E-state index is 0.0867. The van der Waals surface area contributed by atoms with Crippen LogP contribution in [-0.2, 0) is 13.3 Å². The number of ether oxygens (including phenoxy) is 2. The summed E-state index contributed by atoms with van der Waals surface area (Å²) >= 11 is 0. The second-order valence-corrected chi connectivity index (χ2v) is 6.97. The molecule has 0 bridgehead atoms. The largest absolute Gasteiger partial charge is 0.497 e. The Labute approximate surface area is 188 Å². The van der Waals surface area contributed by atoms with Crippen molar-refractivity contribution in [1.82, 2.24) is 19.6 Å². The standard InChI is InChI=1S/C22H20N6O5/c1-32-18-6-4-5-16(11-18)13-27-14-17(12-23-27)24-22(29)19-9-10-26(25-19)15-33-21-8-3-2-7-20(21)28(30)31/h2-12,14H,13,15H2,1H3,(H,24,29). The molecule has 2 heterocycles. The molecule has 1 N–H and O–H groups in total. The number of nitrogens with zero attached hydrogens (tertiary/aromatic N) is 5. The molecule has 168 valence electrons. The maximum atomic E-state index is 12.5. The Kier molecular flexibility index (Phi) is 6.30. The van der Waals surface area contributed by atoms with E-state index in [1.54, 1.807) is 42.5 Å². The van der Waals surface area contributed by atoms with Crippen LogP contribution >= 0.6 is 0 Å². The van der Waals surface area contributed by atoms with Gasteiger partial charge in [-0.2, -0.15) is 10.2 Å². The highest BCUT2D eigenvalue weighted by Gasteiger charge is 2.15. The molecule has 11 heteroatoms. The highest BCUT2D eigenvalue weighted by Crippen LogP contribution is 2.26. The van der Waals surface area contributed by atoms with Crippen molar-refractivity contribution in [2.45, 2.75) is 13.3 Å². The Morgan fingerprint density at radius 3 is 2.82 bits per heavy atom. The summed E-state index contributed by atoms with van der Waals surface area (Å²) in [5.41, 5.74) is 1.55. The quantitative estimate of drug-likeness (QED) is 0.307. The Balaban J connectivity index is 1.35. The molecule has 1 amide bonds. The van der Waals surface area contributed by atoms with Crippen LogP contribution in [0.25, 0.3) is 0 Å². The van der Waals surface area contributed by atoms with Gasteiger partial charge in [-0.05, 0) is 29.8 Å². The summed E-state index contributed by atoms with van der Waals surface area (Å²) in [7, 11) is 1.61. The zero-order valence-corrected chi connectivity index (χ0v) is 17.6. The zero-order chi connectivity index (χ0) is 23.2. The van der Waals surface area contributed by atoms with E-state index >= 15 is 0 Å². The third-order valence-electron chi connectivity index (χ3n) is 4.66. The molecule has 0 saturated carbocycles. The SMILES string of the molecule is COc1cccc(Cn2cc(NC(=O)c3ccn(COc4ccccc4[N+](=O)[O-])n3)cn2)c1. The van der Waals surface area contributed by atoms with Gasteiger partial charge in [-0.3, -0.25) is 19.6 Å². The Morgan fingerprint density at radius 1 is 1.15 bits per heavy atom. The van der Waals surface area contributed by atoms with Gasteiger partial charge in [0.1, 0.15) is 5.75 Å². The van der Waals surface area contributed by atoms with Crippen molar-refractivity contribution in [2.75, 3.05) is 12.4 Å². The summed E-state index contributed by atoms with van der Waals surface area (Å²) in [6, 6.07) is 15.2. The molecule has 0 fully saturated rings. The lowest BCUT2D eigenvalue weighted by atomic mass is 10.2. The van der Waals surface area contributed by atoms with E-state index in [-0.39, 0.29) is 23.9 Å². The first-order valence-electron chi connectivity index (χ1n) is 9.88. The lowest BCUT2D eigenvalue weighted by Crippen LogP contribution is -2.14. The first kappa shape index (κ1) is 21.6. The van der Waals surface area contributed by atoms with Gasteiger partial charge >= 0.3 is 5.69 Å². The van der Waals surface area contributed by atoms with E-state index in [9.17, 15) is 14.9 Å². The summed E-state index contributed by atoms with van der Waals surface area (Å²) in [4.78, 5) is 23.1. The zero-order valence-electron chi connectivity index (χ0n) is 17.6. The van der Waals surface area contributed by atoms with Crippen molar-refractivity contribution in [3.8, 4) is 11.5 Å². The number of amides is 1. The monoisotopic (exact) mass is 448 g/mol. The minimum atomic E-state index is -0.522. The molecule has 2 aromatic carbocycles. The first-order valence-corrected chi connectivity index (χ1v) is 9.88. The van der Waals surface area contributed by atoms with Gasteiger partial charge in [-0.1, -0.05) is 24.3 Å². The van der Waals surface area contributed by atoms with Crippen LogP contribution < -0.4 is 14.8 Å². The van der Waals surface area contributed by atoms with E-state index in [4.69, 9.17) is 9.47 Å². The van der Waals surface area contributed by atoms with Crippen LogP contribution in [0, 0.1) is 10.1 Å².